The van der Waals surface area contributed by atoms with Gasteiger partial charge in [0.15, 0.2) is 0 Å². The van der Waals surface area contributed by atoms with Crippen molar-refractivity contribution in [2.45, 2.75) is 25.7 Å². The van der Waals surface area contributed by atoms with E-state index in [4.69, 9.17) is 10.5 Å². The molecule has 2 rings (SSSR count). The summed E-state index contributed by atoms with van der Waals surface area (Å²) in [7, 11) is 0. The van der Waals surface area contributed by atoms with Gasteiger partial charge in [0.05, 0.1) is 13.2 Å². The highest BCUT2D eigenvalue weighted by Crippen LogP contribution is 2.37. The van der Waals surface area contributed by atoms with Crippen molar-refractivity contribution in [3.05, 3.63) is 34.9 Å². The predicted molar refractivity (Wildman–Crippen MR) is 62.1 cm³/mol. The lowest BCUT2D eigenvalue weighted by Crippen LogP contribution is -2.48. The van der Waals surface area contributed by atoms with Crippen LogP contribution in [0.2, 0.25) is 0 Å². The molecule has 82 valence electrons. The first kappa shape index (κ1) is 10.7. The molecule has 0 radical (unpaired) electrons. The minimum absolute atomic E-state index is 0.199. The van der Waals surface area contributed by atoms with E-state index in [-0.39, 0.29) is 5.41 Å². The van der Waals surface area contributed by atoms with Crippen molar-refractivity contribution in [1.29, 1.82) is 0 Å². The van der Waals surface area contributed by atoms with Gasteiger partial charge >= 0.3 is 0 Å². The van der Waals surface area contributed by atoms with E-state index in [0.717, 1.165) is 26.2 Å². The van der Waals surface area contributed by atoms with Crippen LogP contribution >= 0.6 is 0 Å². The Morgan fingerprint density at radius 1 is 1.33 bits per heavy atom. The summed E-state index contributed by atoms with van der Waals surface area (Å²) in [6.07, 6.45) is 1.03. The van der Waals surface area contributed by atoms with Crippen molar-refractivity contribution in [1.82, 2.24) is 0 Å². The van der Waals surface area contributed by atoms with Crippen LogP contribution in [0.3, 0.4) is 0 Å². The zero-order valence-corrected chi connectivity index (χ0v) is 9.55. The van der Waals surface area contributed by atoms with Crippen LogP contribution in [0.15, 0.2) is 18.2 Å². The Morgan fingerprint density at radius 3 is 2.60 bits per heavy atom. The Hall–Kier alpha value is -0.860. The van der Waals surface area contributed by atoms with Gasteiger partial charge in [0.2, 0.25) is 0 Å². The molecule has 1 fully saturated rings. The third kappa shape index (κ3) is 1.80. The second kappa shape index (κ2) is 3.95. The lowest BCUT2D eigenvalue weighted by Gasteiger charge is -2.43. The van der Waals surface area contributed by atoms with Gasteiger partial charge in [-0.25, -0.2) is 0 Å². The summed E-state index contributed by atoms with van der Waals surface area (Å²) in [5.41, 5.74) is 10.0. The molecule has 1 aromatic carbocycles. The van der Waals surface area contributed by atoms with E-state index in [9.17, 15) is 0 Å². The monoisotopic (exact) mass is 205 g/mol. The fourth-order valence-electron chi connectivity index (χ4n) is 2.37. The van der Waals surface area contributed by atoms with Crippen molar-refractivity contribution in [3.63, 3.8) is 0 Å². The number of hydrogen-bond donors (Lipinski definition) is 1. The van der Waals surface area contributed by atoms with Crippen LogP contribution in [0, 0.1) is 13.8 Å². The fraction of sp³-hybridized carbons (Fsp3) is 0.538. The van der Waals surface area contributed by atoms with Gasteiger partial charge in [0, 0.05) is 5.41 Å². The van der Waals surface area contributed by atoms with Gasteiger partial charge in [-0.2, -0.15) is 0 Å². The average Bonchev–Trinajstić information content (AvgIpc) is 2.16. The number of rotatable bonds is 3. The summed E-state index contributed by atoms with van der Waals surface area (Å²) in [5.74, 6) is 0. The zero-order chi connectivity index (χ0) is 10.9. The maximum absolute atomic E-state index is 5.69. The molecule has 0 atom stereocenters. The van der Waals surface area contributed by atoms with E-state index in [1.54, 1.807) is 0 Å². The minimum Gasteiger partial charge on any atom is -0.379 e. The highest BCUT2D eigenvalue weighted by Gasteiger charge is 2.40. The summed E-state index contributed by atoms with van der Waals surface area (Å²) in [6, 6.07) is 6.64. The van der Waals surface area contributed by atoms with Gasteiger partial charge < -0.3 is 10.5 Å². The maximum Gasteiger partial charge on any atom is 0.0586 e. The second-order valence-electron chi connectivity index (χ2n) is 4.63. The number of benzene rings is 1. The molecule has 0 bridgehead atoms. The lowest BCUT2D eigenvalue weighted by atomic mass is 9.73. The first-order chi connectivity index (χ1) is 7.18. The van der Waals surface area contributed by atoms with Crippen LogP contribution in [0.1, 0.15) is 23.1 Å². The van der Waals surface area contributed by atoms with Crippen molar-refractivity contribution in [2.75, 3.05) is 19.8 Å². The standard InChI is InChI=1S/C13H19NO/c1-10-3-4-11(2)12(7-10)13(5-6-14)8-15-9-13/h3-4,7H,5-6,8-9,14H2,1-2H3. The second-order valence-corrected chi connectivity index (χ2v) is 4.63. The first-order valence-corrected chi connectivity index (χ1v) is 5.53. The van der Waals surface area contributed by atoms with Crippen LogP contribution in [0.5, 0.6) is 0 Å². The lowest BCUT2D eigenvalue weighted by molar-refractivity contribution is -0.0634. The molecule has 0 unspecified atom stereocenters. The summed E-state index contributed by atoms with van der Waals surface area (Å²) in [5, 5.41) is 0. The third-order valence-corrected chi connectivity index (χ3v) is 3.34. The SMILES string of the molecule is Cc1ccc(C)c(C2(CCN)COC2)c1. The van der Waals surface area contributed by atoms with Crippen LogP contribution in [-0.4, -0.2) is 19.8 Å². The van der Waals surface area contributed by atoms with E-state index < -0.39 is 0 Å². The smallest absolute Gasteiger partial charge is 0.0586 e. The van der Waals surface area contributed by atoms with Crippen LogP contribution in [0.25, 0.3) is 0 Å². The molecule has 2 heteroatoms. The van der Waals surface area contributed by atoms with Gasteiger partial charge in [-0.1, -0.05) is 23.8 Å². The molecule has 0 amide bonds. The molecular weight excluding hydrogens is 186 g/mol. The topological polar surface area (TPSA) is 35.2 Å². The normalized spacial score (nSPS) is 18.6. The van der Waals surface area contributed by atoms with Gasteiger partial charge in [-0.05, 0) is 37.9 Å². The molecule has 1 aromatic rings. The highest BCUT2D eigenvalue weighted by molar-refractivity contribution is 5.38. The number of hydrogen-bond acceptors (Lipinski definition) is 2. The van der Waals surface area contributed by atoms with E-state index in [1.165, 1.54) is 16.7 Å². The molecule has 15 heavy (non-hydrogen) atoms. The third-order valence-electron chi connectivity index (χ3n) is 3.34. The molecule has 1 heterocycles. The predicted octanol–water partition coefficient (Wildman–Crippen LogP) is 1.92. The first-order valence-electron chi connectivity index (χ1n) is 5.53. The molecule has 1 saturated heterocycles. The maximum atomic E-state index is 5.69. The Kier molecular flexibility index (Phi) is 2.81. The van der Waals surface area contributed by atoms with Gasteiger partial charge in [-0.15, -0.1) is 0 Å². The zero-order valence-electron chi connectivity index (χ0n) is 9.55. The van der Waals surface area contributed by atoms with Crippen LogP contribution in [0.4, 0.5) is 0 Å². The van der Waals surface area contributed by atoms with E-state index in [1.807, 2.05) is 0 Å². The highest BCUT2D eigenvalue weighted by atomic mass is 16.5. The quantitative estimate of drug-likeness (QED) is 0.818. The molecule has 0 aliphatic carbocycles. The number of nitrogens with two attached hydrogens (primary N) is 1. The summed E-state index contributed by atoms with van der Waals surface area (Å²) < 4.78 is 5.38. The molecule has 2 nitrogen and oxygen atoms in total. The van der Waals surface area contributed by atoms with E-state index in [2.05, 4.69) is 32.0 Å². The average molecular weight is 205 g/mol. The molecule has 1 aliphatic heterocycles. The van der Waals surface area contributed by atoms with Crippen LogP contribution in [-0.2, 0) is 10.2 Å². The van der Waals surface area contributed by atoms with Gasteiger partial charge in [0.25, 0.3) is 0 Å². The summed E-state index contributed by atoms with van der Waals surface area (Å²) >= 11 is 0. The summed E-state index contributed by atoms with van der Waals surface area (Å²) in [6.45, 7) is 6.70. The summed E-state index contributed by atoms with van der Waals surface area (Å²) in [4.78, 5) is 0. The van der Waals surface area contributed by atoms with Crippen molar-refractivity contribution < 1.29 is 4.74 Å². The van der Waals surface area contributed by atoms with Crippen molar-refractivity contribution >= 4 is 0 Å². The van der Waals surface area contributed by atoms with Gasteiger partial charge in [0.1, 0.15) is 0 Å². The van der Waals surface area contributed by atoms with Crippen LogP contribution < -0.4 is 5.73 Å². The number of ether oxygens (including phenoxy) is 1. The van der Waals surface area contributed by atoms with Crippen molar-refractivity contribution in [2.24, 2.45) is 5.73 Å². The van der Waals surface area contributed by atoms with E-state index >= 15 is 0 Å². The van der Waals surface area contributed by atoms with Gasteiger partial charge in [-0.3, -0.25) is 0 Å². The Balaban J connectivity index is 2.37. The molecule has 2 N–H and O–H groups in total. The van der Waals surface area contributed by atoms with E-state index in [0.29, 0.717) is 0 Å². The Morgan fingerprint density at radius 2 is 2.07 bits per heavy atom. The Labute approximate surface area is 91.4 Å². The largest absolute Gasteiger partial charge is 0.379 e. The molecule has 0 spiro atoms. The van der Waals surface area contributed by atoms with Crippen molar-refractivity contribution in [3.8, 4) is 0 Å². The molecular formula is C13H19NO. The fourth-order valence-corrected chi connectivity index (χ4v) is 2.37. The molecule has 1 aliphatic rings. The minimum atomic E-state index is 0.199. The number of aryl methyl sites for hydroxylation is 2. The Bertz CT molecular complexity index is 356. The molecule has 0 saturated carbocycles. The molecule has 0 aromatic heterocycles.